The van der Waals surface area contributed by atoms with Gasteiger partial charge in [-0.15, -0.1) is 0 Å². The van der Waals surface area contributed by atoms with Gasteiger partial charge in [0.05, 0.1) is 34.2 Å². The van der Waals surface area contributed by atoms with Crippen LogP contribution in [0, 0.1) is 0 Å². The summed E-state index contributed by atoms with van der Waals surface area (Å²) in [4.78, 5) is 0. The van der Waals surface area contributed by atoms with Gasteiger partial charge in [0.2, 0.25) is 0 Å². The maximum atomic E-state index is 7.83. The third-order valence-corrected chi connectivity index (χ3v) is 17.9. The number of rotatable bonds is 24. The summed E-state index contributed by atoms with van der Waals surface area (Å²) in [6.07, 6.45) is 0. The molecule has 0 saturated carbocycles. The van der Waals surface area contributed by atoms with Gasteiger partial charge in [0.25, 0.3) is 0 Å². The maximum absolute atomic E-state index is 7.83. The SMILES string of the molecule is CCOP(=S)([S-])OCC.CCOP(=S)([S-])OCC.CCOP(=S)([S-])OCC.CCOP(=S)([S-])OCC.CCOP(=S)([S-])OCC.CCOP(=S)([S-])OCC.O=S.[Mo]. The number of hydrogen-bond acceptors (Lipinski definition) is 26. The Labute approximate surface area is 428 Å². The molecule has 0 aromatic rings. The Morgan fingerprint density at radius 2 is 0.316 bits per heavy atom. The summed E-state index contributed by atoms with van der Waals surface area (Å²) in [5.41, 5.74) is -13.7. The van der Waals surface area contributed by atoms with Crippen molar-refractivity contribution in [3.05, 3.63) is 0 Å². The van der Waals surface area contributed by atoms with E-state index >= 15 is 0 Å². The molecule has 0 fully saturated rings. The molecule has 0 rings (SSSR count). The third-order valence-electron chi connectivity index (χ3n) is 3.45. The van der Waals surface area contributed by atoms with Gasteiger partial charge in [0, 0.05) is 100 Å². The first-order chi connectivity index (χ1) is 25.7. The Kier molecular flexibility index (Phi) is 74.9. The Morgan fingerprint density at radius 1 is 0.263 bits per heavy atom. The summed E-state index contributed by atoms with van der Waals surface area (Å²) in [5.74, 6) is 0. The van der Waals surface area contributed by atoms with E-state index in [1.165, 1.54) is 0 Å². The van der Waals surface area contributed by atoms with Gasteiger partial charge < -0.3 is 128 Å². The first-order valence-electron chi connectivity index (χ1n) is 16.5. The van der Waals surface area contributed by atoms with E-state index in [1.807, 2.05) is 83.1 Å². The van der Waals surface area contributed by atoms with E-state index in [2.05, 4.69) is 12.5 Å². The Bertz CT molecular complexity index is 887. The van der Waals surface area contributed by atoms with Gasteiger partial charge in [-0.05, 0) is 83.1 Å². The summed E-state index contributed by atoms with van der Waals surface area (Å²) >= 11 is 60.7. The van der Waals surface area contributed by atoms with Crippen LogP contribution in [-0.2, 0) is 232 Å². The van der Waals surface area contributed by atoms with Gasteiger partial charge in [-0.25, -0.2) is 0 Å². The van der Waals surface area contributed by atoms with E-state index in [1.54, 1.807) is 0 Å². The molecular formula is C24H60MoO13P6S13-6. The molecule has 0 bridgehead atoms. The van der Waals surface area contributed by atoms with Crippen molar-refractivity contribution in [3.63, 3.8) is 0 Å². The molecule has 13 nitrogen and oxygen atoms in total. The molecule has 0 aromatic carbocycles. The van der Waals surface area contributed by atoms with Gasteiger partial charge in [0.15, 0.2) is 12.5 Å². The summed E-state index contributed by atoms with van der Waals surface area (Å²) in [6, 6.07) is 0. The maximum Gasteiger partial charge on any atom is 0.197 e. The molecule has 0 aliphatic rings. The van der Waals surface area contributed by atoms with E-state index in [9.17, 15) is 0 Å². The molecular weight excluding hydrogens is 1190 g/mol. The fourth-order valence-electron chi connectivity index (χ4n) is 2.12. The van der Waals surface area contributed by atoms with Crippen LogP contribution < -0.4 is 0 Å². The average Bonchev–Trinajstić information content (AvgIpc) is 3.03. The molecule has 0 spiro atoms. The quantitative estimate of drug-likeness (QED) is 0.0516. The van der Waals surface area contributed by atoms with Crippen molar-refractivity contribution in [2.24, 2.45) is 0 Å². The van der Waals surface area contributed by atoms with E-state index in [0.717, 1.165) is 0 Å². The second-order valence-electron chi connectivity index (χ2n) is 7.70. The van der Waals surface area contributed by atoms with Crippen LogP contribution in [0.3, 0.4) is 0 Å². The fourth-order valence-corrected chi connectivity index (χ4v) is 14.0. The monoisotopic (exact) mass is 1260 g/mol. The van der Waals surface area contributed by atoms with Gasteiger partial charge in [0.1, 0.15) is 0 Å². The predicted molar refractivity (Wildman–Crippen MR) is 278 cm³/mol. The zero-order valence-corrected chi connectivity index (χ0v) is 52.2. The van der Waals surface area contributed by atoms with Crippen LogP contribution in [0.2, 0.25) is 0 Å². The summed E-state index contributed by atoms with van der Waals surface area (Å²) in [5, 5.41) is 0. The molecule has 57 heavy (non-hydrogen) atoms. The van der Waals surface area contributed by atoms with Crippen LogP contribution in [0.25, 0.3) is 0 Å². The summed E-state index contributed by atoms with van der Waals surface area (Å²) in [7, 11) is 0. The first-order valence-corrected chi connectivity index (χ1v) is 38.7. The molecule has 0 aliphatic heterocycles. The molecule has 33 heteroatoms. The topological polar surface area (TPSA) is 128 Å². The summed E-state index contributed by atoms with van der Waals surface area (Å²) in [6.45, 7) is 28.8. The largest absolute Gasteiger partial charge is 0.691 e. The molecule has 354 valence electrons. The zero-order chi connectivity index (χ0) is 46.0. The van der Waals surface area contributed by atoms with Gasteiger partial charge in [-0.2, -0.15) is 4.21 Å². The van der Waals surface area contributed by atoms with Crippen molar-refractivity contribution in [2.45, 2.75) is 83.1 Å². The van der Waals surface area contributed by atoms with Crippen molar-refractivity contribution in [2.75, 3.05) is 79.3 Å². The molecule has 0 amide bonds. The van der Waals surface area contributed by atoms with Crippen LogP contribution in [0.4, 0.5) is 0 Å². The Hall–Kier alpha value is 6.23. The van der Waals surface area contributed by atoms with Crippen molar-refractivity contribution in [1.82, 2.24) is 0 Å². The minimum atomic E-state index is -2.28. The molecule has 0 aliphatic carbocycles. The zero-order valence-electron chi connectivity index (χ0n) is 34.2. The molecule has 0 aromatic heterocycles. The minimum Gasteiger partial charge on any atom is -0.691 e. The third kappa shape index (κ3) is 76.8. The normalized spacial score (nSPS) is 11.3. The Morgan fingerprint density at radius 3 is 0.351 bits per heavy atom. The van der Waals surface area contributed by atoms with Crippen molar-refractivity contribution >= 4 is 191 Å². The van der Waals surface area contributed by atoms with Gasteiger partial charge in [-0.3, -0.25) is 0 Å². The van der Waals surface area contributed by atoms with Crippen LogP contribution in [-0.4, -0.2) is 83.5 Å². The minimum absolute atomic E-state index is 0. The van der Waals surface area contributed by atoms with Crippen LogP contribution >= 0.6 is 34.2 Å². The average molecular weight is 1260 g/mol. The Balaban J connectivity index is -0.0000000832. The standard InChI is InChI=1S/6C4H11O2PS2.Mo.OS/c6*1-3-5-7(8,9)6-4-2;;1-2/h6*3-4H2,1-2H3,(H,8,9);;/p-6. The van der Waals surface area contributed by atoms with Crippen molar-refractivity contribution < 1.29 is 79.6 Å². The van der Waals surface area contributed by atoms with Gasteiger partial charge >= 0.3 is 0 Å². The number of hydrogen-bond donors (Lipinski definition) is 0. The van der Waals surface area contributed by atoms with Crippen molar-refractivity contribution in [1.29, 1.82) is 0 Å². The fraction of sp³-hybridized carbons (Fsp3) is 1.00. The van der Waals surface area contributed by atoms with E-state index in [-0.39, 0.29) is 21.1 Å². The van der Waals surface area contributed by atoms with Gasteiger partial charge in [-0.1, -0.05) is 70.8 Å². The van der Waals surface area contributed by atoms with E-state index in [0.29, 0.717) is 79.3 Å². The molecule has 0 unspecified atom stereocenters. The molecule has 0 saturated heterocycles. The second kappa shape index (κ2) is 53.2. The van der Waals surface area contributed by atoms with Crippen LogP contribution in [0.5, 0.6) is 0 Å². The molecule has 0 radical (unpaired) electrons. The molecule has 0 N–H and O–H groups in total. The summed E-state index contributed by atoms with van der Waals surface area (Å²) < 4.78 is 67.7. The van der Waals surface area contributed by atoms with E-state index < -0.39 is 34.2 Å². The van der Waals surface area contributed by atoms with Crippen LogP contribution in [0.15, 0.2) is 0 Å². The van der Waals surface area contributed by atoms with E-state index in [4.69, 9.17) is 203 Å². The first kappa shape index (κ1) is 80.3. The predicted octanol–water partition coefficient (Wildman–Crippen LogP) is 10.6. The molecule has 0 heterocycles. The molecule has 0 atom stereocenters. The van der Waals surface area contributed by atoms with Crippen molar-refractivity contribution in [3.8, 4) is 0 Å². The smallest absolute Gasteiger partial charge is 0.197 e. The van der Waals surface area contributed by atoms with Crippen LogP contribution in [0.1, 0.15) is 83.1 Å². The second-order valence-corrected chi connectivity index (χ2v) is 37.6.